The van der Waals surface area contributed by atoms with Crippen molar-refractivity contribution in [3.63, 3.8) is 0 Å². The number of aromatic nitrogens is 1. The summed E-state index contributed by atoms with van der Waals surface area (Å²) < 4.78 is 0. The van der Waals surface area contributed by atoms with Gasteiger partial charge in [-0.25, -0.2) is 4.98 Å². The fraction of sp³-hybridized carbons (Fsp3) is 0.792. The van der Waals surface area contributed by atoms with Gasteiger partial charge in [-0.15, -0.1) is 11.3 Å². The molecule has 3 aliphatic rings. The number of hydrogen-bond donors (Lipinski definition) is 2. The third kappa shape index (κ3) is 4.04. The Bertz CT molecular complexity index is 847. The van der Waals surface area contributed by atoms with Crippen molar-refractivity contribution in [3.8, 4) is 0 Å². The number of amides is 2. The summed E-state index contributed by atoms with van der Waals surface area (Å²) in [7, 11) is 0. The van der Waals surface area contributed by atoms with E-state index in [1.165, 1.54) is 4.88 Å². The van der Waals surface area contributed by atoms with Crippen molar-refractivity contribution in [1.82, 2.24) is 9.88 Å². The number of rotatable bonds is 6. The highest BCUT2D eigenvalue weighted by Gasteiger charge is 2.54. The molecule has 6 atom stereocenters. The lowest BCUT2D eigenvalue weighted by atomic mass is 9.53. The Morgan fingerprint density at radius 2 is 1.97 bits per heavy atom. The van der Waals surface area contributed by atoms with Gasteiger partial charge in [0.1, 0.15) is 0 Å². The van der Waals surface area contributed by atoms with E-state index in [-0.39, 0.29) is 46.8 Å². The molecule has 2 N–H and O–H groups in total. The monoisotopic (exact) mass is 447 g/mol. The van der Waals surface area contributed by atoms with Crippen LogP contribution in [-0.4, -0.2) is 46.0 Å². The van der Waals surface area contributed by atoms with Gasteiger partial charge in [0.25, 0.3) is 0 Å². The highest BCUT2D eigenvalue weighted by Crippen LogP contribution is 2.57. The Morgan fingerprint density at radius 3 is 2.58 bits per heavy atom. The molecule has 0 aromatic carbocycles. The number of thiazole rings is 1. The molecule has 4 rings (SSSR count). The van der Waals surface area contributed by atoms with E-state index >= 15 is 0 Å². The Hall–Kier alpha value is -1.47. The van der Waals surface area contributed by atoms with Crippen LogP contribution in [0, 0.1) is 29.1 Å². The maximum Gasteiger partial charge on any atom is 0.229 e. The summed E-state index contributed by atoms with van der Waals surface area (Å²) in [6.45, 7) is 11.9. The fourth-order valence-electron chi connectivity index (χ4n) is 6.16. The maximum absolute atomic E-state index is 13.0. The van der Waals surface area contributed by atoms with Crippen LogP contribution < -0.4 is 5.32 Å². The summed E-state index contributed by atoms with van der Waals surface area (Å²) in [6, 6.07) is 0. The van der Waals surface area contributed by atoms with E-state index in [9.17, 15) is 14.7 Å². The van der Waals surface area contributed by atoms with Crippen LogP contribution in [0.2, 0.25) is 0 Å². The zero-order valence-corrected chi connectivity index (χ0v) is 20.3. The first kappa shape index (κ1) is 22.7. The molecule has 6 unspecified atom stereocenters. The molecule has 0 spiro atoms. The summed E-state index contributed by atoms with van der Waals surface area (Å²) >= 11 is 1.60. The second-order valence-electron chi connectivity index (χ2n) is 10.2. The quantitative estimate of drug-likeness (QED) is 0.689. The first-order valence-corrected chi connectivity index (χ1v) is 12.8. The molecule has 3 aliphatic carbocycles. The van der Waals surface area contributed by atoms with Crippen LogP contribution in [0.15, 0.2) is 0 Å². The first-order valence-electron chi connectivity index (χ1n) is 12.0. The highest BCUT2D eigenvalue weighted by molar-refractivity contribution is 7.15. The molecule has 31 heavy (non-hydrogen) atoms. The first-order chi connectivity index (χ1) is 14.7. The van der Waals surface area contributed by atoms with E-state index in [1.807, 2.05) is 25.7 Å². The minimum Gasteiger partial charge on any atom is -0.392 e. The molecular weight excluding hydrogens is 410 g/mol. The van der Waals surface area contributed by atoms with Crippen molar-refractivity contribution >= 4 is 28.3 Å². The number of nitrogens with zero attached hydrogens (tertiary/aromatic N) is 2. The number of aliphatic hydroxyl groups is 1. The summed E-state index contributed by atoms with van der Waals surface area (Å²) in [4.78, 5) is 33.1. The molecule has 2 saturated carbocycles. The molecule has 1 aromatic rings. The van der Waals surface area contributed by atoms with Crippen LogP contribution in [0.4, 0.5) is 5.13 Å². The predicted molar refractivity (Wildman–Crippen MR) is 123 cm³/mol. The second-order valence-corrected chi connectivity index (χ2v) is 11.3. The number of carbonyl (C=O) groups excluding carboxylic acids is 2. The fourth-order valence-corrected chi connectivity index (χ4v) is 7.43. The SMILES string of the molecule is CCN(CC)C(=O)C(C)C1CCC2(C)Cc3sc(NC(=O)C4CC4)nc3C(C)C2C1O. The molecule has 2 amide bonds. The normalized spacial score (nSPS) is 33.2. The Balaban J connectivity index is 1.55. The molecule has 172 valence electrons. The molecule has 0 saturated heterocycles. The minimum atomic E-state index is -0.525. The van der Waals surface area contributed by atoms with Crippen molar-refractivity contribution in [2.45, 2.75) is 78.7 Å². The standard InChI is InChI=1S/C24H37N3O3S/c1-6-27(7-2)22(30)13(3)16-10-11-24(5)12-17-19(14(4)18(24)20(16)28)25-23(31-17)26-21(29)15-8-9-15/h13-16,18,20,28H,6-12H2,1-5H3,(H,25,26,29). The number of fused-ring (bicyclic) bond motifs is 2. The van der Waals surface area contributed by atoms with Gasteiger partial charge in [-0.05, 0) is 63.2 Å². The predicted octanol–water partition coefficient (Wildman–Crippen LogP) is 4.05. The van der Waals surface area contributed by atoms with Gasteiger partial charge in [0.2, 0.25) is 11.8 Å². The molecule has 0 radical (unpaired) electrons. The van der Waals surface area contributed by atoms with Gasteiger partial charge >= 0.3 is 0 Å². The van der Waals surface area contributed by atoms with Crippen LogP contribution in [0.5, 0.6) is 0 Å². The molecule has 1 aromatic heterocycles. The van der Waals surface area contributed by atoms with Crippen molar-refractivity contribution < 1.29 is 14.7 Å². The van der Waals surface area contributed by atoms with Gasteiger partial charge in [-0.1, -0.05) is 20.8 Å². The molecule has 2 fully saturated rings. The molecule has 0 bridgehead atoms. The van der Waals surface area contributed by atoms with E-state index in [0.29, 0.717) is 18.2 Å². The molecule has 6 nitrogen and oxygen atoms in total. The van der Waals surface area contributed by atoms with Crippen molar-refractivity contribution in [2.24, 2.45) is 29.1 Å². The van der Waals surface area contributed by atoms with Crippen LogP contribution in [0.25, 0.3) is 0 Å². The molecule has 7 heteroatoms. The lowest BCUT2D eigenvalue weighted by Crippen LogP contribution is -2.53. The van der Waals surface area contributed by atoms with Gasteiger partial charge < -0.3 is 15.3 Å². The van der Waals surface area contributed by atoms with Gasteiger partial charge in [-0.3, -0.25) is 9.59 Å². The van der Waals surface area contributed by atoms with Gasteiger partial charge in [0.05, 0.1) is 11.8 Å². The third-order valence-corrected chi connectivity index (χ3v) is 9.19. The minimum absolute atomic E-state index is 0.00932. The average Bonchev–Trinajstić information content (AvgIpc) is 3.50. The van der Waals surface area contributed by atoms with Crippen molar-refractivity contribution in [2.75, 3.05) is 18.4 Å². The summed E-state index contributed by atoms with van der Waals surface area (Å²) in [5.41, 5.74) is 1.02. The largest absolute Gasteiger partial charge is 0.392 e. The smallest absolute Gasteiger partial charge is 0.229 e. The number of carbonyl (C=O) groups is 2. The lowest BCUT2D eigenvalue weighted by molar-refractivity contribution is -0.144. The van der Waals surface area contributed by atoms with Crippen LogP contribution in [-0.2, 0) is 16.0 Å². The van der Waals surface area contributed by atoms with Crippen molar-refractivity contribution in [3.05, 3.63) is 10.6 Å². The number of anilines is 1. The Labute approximate surface area is 189 Å². The zero-order chi connectivity index (χ0) is 22.5. The Kier molecular flexibility index (Phi) is 6.21. The Morgan fingerprint density at radius 1 is 1.29 bits per heavy atom. The highest BCUT2D eigenvalue weighted by atomic mass is 32.1. The summed E-state index contributed by atoms with van der Waals surface area (Å²) in [5, 5.41) is 15.3. The van der Waals surface area contributed by atoms with Crippen LogP contribution >= 0.6 is 11.3 Å². The molecular formula is C24H37N3O3S. The average molecular weight is 448 g/mol. The third-order valence-electron chi connectivity index (χ3n) is 8.21. The molecule has 0 aliphatic heterocycles. The van der Waals surface area contributed by atoms with E-state index in [4.69, 9.17) is 4.98 Å². The number of hydrogen-bond acceptors (Lipinski definition) is 5. The number of nitrogens with one attached hydrogen (secondary N) is 1. The van der Waals surface area contributed by atoms with Crippen LogP contribution in [0.3, 0.4) is 0 Å². The molecule has 1 heterocycles. The van der Waals surface area contributed by atoms with E-state index in [1.54, 1.807) is 11.3 Å². The topological polar surface area (TPSA) is 82.5 Å². The van der Waals surface area contributed by atoms with E-state index in [0.717, 1.165) is 37.8 Å². The van der Waals surface area contributed by atoms with E-state index in [2.05, 4.69) is 19.2 Å². The lowest BCUT2D eigenvalue weighted by Gasteiger charge is -2.53. The van der Waals surface area contributed by atoms with Gasteiger partial charge in [-0.2, -0.15) is 0 Å². The zero-order valence-electron chi connectivity index (χ0n) is 19.5. The summed E-state index contributed by atoms with van der Waals surface area (Å²) in [5.74, 6) is 0.363. The number of aliphatic hydroxyl groups excluding tert-OH is 1. The van der Waals surface area contributed by atoms with E-state index < -0.39 is 6.10 Å². The second kappa shape index (κ2) is 8.47. The van der Waals surface area contributed by atoms with Gasteiger partial charge in [0, 0.05) is 35.7 Å². The summed E-state index contributed by atoms with van der Waals surface area (Å²) in [6.07, 6.45) is 4.19. The van der Waals surface area contributed by atoms with Crippen molar-refractivity contribution in [1.29, 1.82) is 0 Å². The maximum atomic E-state index is 13.0. The van der Waals surface area contributed by atoms with Gasteiger partial charge in [0.15, 0.2) is 5.13 Å². The van der Waals surface area contributed by atoms with Crippen LogP contribution in [0.1, 0.15) is 76.8 Å².